The van der Waals surface area contributed by atoms with Crippen LogP contribution in [0.25, 0.3) is 0 Å². The molecule has 1 unspecified atom stereocenters. The van der Waals surface area contributed by atoms with E-state index in [0.29, 0.717) is 5.92 Å². The maximum Gasteiger partial charge on any atom is 0.157 e. The third-order valence-corrected chi connectivity index (χ3v) is 3.71. The van der Waals surface area contributed by atoms with Crippen molar-refractivity contribution in [2.45, 2.75) is 46.1 Å². The molecule has 0 spiro atoms. The molecule has 4 nitrogen and oxygen atoms in total. The number of nitrogens with zero attached hydrogens (tertiary/aromatic N) is 2. The van der Waals surface area contributed by atoms with Crippen LogP contribution in [0.4, 0.5) is 0 Å². The van der Waals surface area contributed by atoms with Crippen LogP contribution >= 0.6 is 0 Å². The molecule has 1 atom stereocenters. The van der Waals surface area contributed by atoms with Gasteiger partial charge in [0.15, 0.2) is 5.82 Å². The Morgan fingerprint density at radius 1 is 1.26 bits per heavy atom. The van der Waals surface area contributed by atoms with Crippen LogP contribution in [-0.4, -0.2) is 30.2 Å². The van der Waals surface area contributed by atoms with E-state index in [1.165, 1.54) is 18.4 Å². The molecule has 2 rings (SSSR count). The van der Waals surface area contributed by atoms with Crippen LogP contribution in [0.3, 0.4) is 0 Å². The largest absolute Gasteiger partial charge is 0.370 e. The monoisotopic (exact) mass is 263 g/mol. The zero-order chi connectivity index (χ0) is 13.8. The van der Waals surface area contributed by atoms with Crippen molar-refractivity contribution < 1.29 is 4.74 Å². The molecule has 1 aromatic rings. The average molecular weight is 263 g/mol. The second-order valence-corrected chi connectivity index (χ2v) is 5.30. The van der Waals surface area contributed by atoms with Crippen molar-refractivity contribution in [2.24, 2.45) is 5.92 Å². The molecule has 0 aromatic carbocycles. The zero-order valence-electron chi connectivity index (χ0n) is 12.5. The van der Waals surface area contributed by atoms with Gasteiger partial charge in [0.25, 0.3) is 0 Å². The number of ether oxygens (including phenoxy) is 1. The van der Waals surface area contributed by atoms with Crippen molar-refractivity contribution in [3.63, 3.8) is 0 Å². The van der Waals surface area contributed by atoms with Gasteiger partial charge in [0.2, 0.25) is 0 Å². The summed E-state index contributed by atoms with van der Waals surface area (Å²) in [6.45, 7) is 7.89. The zero-order valence-corrected chi connectivity index (χ0v) is 12.5. The summed E-state index contributed by atoms with van der Waals surface area (Å²) in [5, 5.41) is 3.18. The molecule has 0 saturated heterocycles. The SMILES string of the molecule is CCOC(c1nc(C)c(CCNC)c(C)n1)C1CC1. The van der Waals surface area contributed by atoms with Gasteiger partial charge >= 0.3 is 0 Å². The smallest absolute Gasteiger partial charge is 0.157 e. The lowest BCUT2D eigenvalue weighted by atomic mass is 10.1. The number of aryl methyl sites for hydroxylation is 2. The molecule has 1 aromatic heterocycles. The van der Waals surface area contributed by atoms with E-state index < -0.39 is 0 Å². The molecule has 1 aliphatic rings. The molecule has 106 valence electrons. The molecule has 0 radical (unpaired) electrons. The summed E-state index contributed by atoms with van der Waals surface area (Å²) in [5.41, 5.74) is 3.47. The van der Waals surface area contributed by atoms with E-state index in [4.69, 9.17) is 14.7 Å². The molecule has 19 heavy (non-hydrogen) atoms. The van der Waals surface area contributed by atoms with Crippen molar-refractivity contribution in [3.05, 3.63) is 22.8 Å². The predicted octanol–water partition coefficient (Wildman–Crippen LogP) is 2.34. The van der Waals surface area contributed by atoms with Crippen LogP contribution in [0.5, 0.6) is 0 Å². The third-order valence-electron chi connectivity index (χ3n) is 3.71. The second-order valence-electron chi connectivity index (χ2n) is 5.30. The lowest BCUT2D eigenvalue weighted by Gasteiger charge is -2.18. The van der Waals surface area contributed by atoms with Gasteiger partial charge < -0.3 is 10.1 Å². The van der Waals surface area contributed by atoms with Crippen LogP contribution in [0.2, 0.25) is 0 Å². The minimum Gasteiger partial charge on any atom is -0.370 e. The molecule has 0 bridgehead atoms. The normalized spacial score (nSPS) is 16.6. The van der Waals surface area contributed by atoms with Crippen molar-refractivity contribution in [1.29, 1.82) is 0 Å². The molecule has 4 heteroatoms. The summed E-state index contributed by atoms with van der Waals surface area (Å²) in [6.07, 6.45) is 3.57. The van der Waals surface area contributed by atoms with Crippen molar-refractivity contribution >= 4 is 0 Å². The van der Waals surface area contributed by atoms with E-state index >= 15 is 0 Å². The van der Waals surface area contributed by atoms with Crippen molar-refractivity contribution in [3.8, 4) is 0 Å². The third kappa shape index (κ3) is 3.51. The van der Waals surface area contributed by atoms with Crippen LogP contribution in [0.15, 0.2) is 0 Å². The topological polar surface area (TPSA) is 47.0 Å². The fourth-order valence-electron chi connectivity index (χ4n) is 2.50. The fourth-order valence-corrected chi connectivity index (χ4v) is 2.50. The number of aromatic nitrogens is 2. The van der Waals surface area contributed by atoms with E-state index in [1.807, 2.05) is 14.0 Å². The number of hydrogen-bond acceptors (Lipinski definition) is 4. The van der Waals surface area contributed by atoms with Crippen LogP contribution in [-0.2, 0) is 11.2 Å². The summed E-state index contributed by atoms with van der Waals surface area (Å²) in [4.78, 5) is 9.41. The highest BCUT2D eigenvalue weighted by Gasteiger charge is 2.35. The average Bonchev–Trinajstić information content (AvgIpc) is 3.19. The first-order chi connectivity index (χ1) is 9.17. The summed E-state index contributed by atoms with van der Waals surface area (Å²) in [6, 6.07) is 0. The molecule has 1 heterocycles. The highest BCUT2D eigenvalue weighted by atomic mass is 16.5. The second kappa shape index (κ2) is 6.44. The van der Waals surface area contributed by atoms with Gasteiger partial charge in [0.05, 0.1) is 0 Å². The Morgan fingerprint density at radius 3 is 2.37 bits per heavy atom. The molecular formula is C15H25N3O. The standard InChI is InChI=1S/C15H25N3O/c1-5-19-14(12-6-7-12)15-17-10(2)13(8-9-16-4)11(3)18-15/h12,14,16H,5-9H2,1-4H3. The van der Waals surface area contributed by atoms with Crippen molar-refractivity contribution in [1.82, 2.24) is 15.3 Å². The molecule has 1 fully saturated rings. The number of hydrogen-bond donors (Lipinski definition) is 1. The van der Waals surface area contributed by atoms with E-state index in [9.17, 15) is 0 Å². The van der Waals surface area contributed by atoms with Gasteiger partial charge in [-0.1, -0.05) is 0 Å². The lowest BCUT2D eigenvalue weighted by Crippen LogP contribution is -2.17. The van der Waals surface area contributed by atoms with E-state index in [2.05, 4.69) is 19.2 Å². The van der Waals surface area contributed by atoms with Crippen LogP contribution < -0.4 is 5.32 Å². The molecule has 0 aliphatic heterocycles. The van der Waals surface area contributed by atoms with Crippen LogP contribution in [0, 0.1) is 19.8 Å². The molecule has 1 aliphatic carbocycles. The molecule has 1 N–H and O–H groups in total. The van der Waals surface area contributed by atoms with Gasteiger partial charge in [-0.3, -0.25) is 0 Å². The molecule has 0 amide bonds. The Bertz CT molecular complexity index is 406. The van der Waals surface area contributed by atoms with E-state index in [0.717, 1.165) is 36.8 Å². The Morgan fingerprint density at radius 2 is 1.89 bits per heavy atom. The first-order valence-electron chi connectivity index (χ1n) is 7.27. The van der Waals surface area contributed by atoms with Gasteiger partial charge in [0, 0.05) is 18.0 Å². The Balaban J connectivity index is 2.22. The Labute approximate surface area is 116 Å². The maximum absolute atomic E-state index is 5.85. The fraction of sp³-hybridized carbons (Fsp3) is 0.733. The first-order valence-corrected chi connectivity index (χ1v) is 7.27. The molecule has 1 saturated carbocycles. The van der Waals surface area contributed by atoms with E-state index in [1.54, 1.807) is 0 Å². The van der Waals surface area contributed by atoms with Gasteiger partial charge in [-0.25, -0.2) is 9.97 Å². The summed E-state index contributed by atoms with van der Waals surface area (Å²) in [5.74, 6) is 1.51. The molecular weight excluding hydrogens is 238 g/mol. The minimum atomic E-state index is 0.0979. The highest BCUT2D eigenvalue weighted by Crippen LogP contribution is 2.42. The summed E-state index contributed by atoms with van der Waals surface area (Å²) < 4.78 is 5.85. The van der Waals surface area contributed by atoms with E-state index in [-0.39, 0.29) is 6.10 Å². The predicted molar refractivity (Wildman–Crippen MR) is 76.2 cm³/mol. The van der Waals surface area contributed by atoms with Crippen molar-refractivity contribution in [2.75, 3.05) is 20.2 Å². The maximum atomic E-state index is 5.85. The highest BCUT2D eigenvalue weighted by molar-refractivity contribution is 5.25. The van der Waals surface area contributed by atoms with Gasteiger partial charge in [-0.2, -0.15) is 0 Å². The van der Waals surface area contributed by atoms with Gasteiger partial charge in [0.1, 0.15) is 6.10 Å². The first kappa shape index (κ1) is 14.4. The minimum absolute atomic E-state index is 0.0979. The van der Waals surface area contributed by atoms with Gasteiger partial charge in [-0.05, 0) is 65.1 Å². The van der Waals surface area contributed by atoms with Gasteiger partial charge in [-0.15, -0.1) is 0 Å². The number of nitrogens with one attached hydrogen (secondary N) is 1. The Kier molecular flexibility index (Phi) is 4.88. The quantitative estimate of drug-likeness (QED) is 0.820. The number of likely N-dealkylation sites (N-methyl/N-ethyl adjacent to an activating group) is 1. The lowest BCUT2D eigenvalue weighted by molar-refractivity contribution is 0.0397. The summed E-state index contributed by atoms with van der Waals surface area (Å²) in [7, 11) is 1.97. The van der Waals surface area contributed by atoms with Crippen LogP contribution in [0.1, 0.15) is 48.6 Å². The summed E-state index contributed by atoms with van der Waals surface area (Å²) >= 11 is 0. The Hall–Kier alpha value is -1.00. The number of rotatable bonds is 7.